The third-order valence-corrected chi connectivity index (χ3v) is 4.03. The van der Waals surface area contributed by atoms with Crippen molar-refractivity contribution in [3.05, 3.63) is 58.1 Å². The molecule has 3 N–H and O–H groups in total. The lowest BCUT2D eigenvalue weighted by molar-refractivity contribution is -0.117. The molecule has 0 saturated heterocycles. The van der Waals surface area contributed by atoms with Gasteiger partial charge in [-0.15, -0.1) is 0 Å². The SMILES string of the molecule is COc1c(Br)ccc2c1NC(=O)C(N)N=C2c1ccccc1. The Morgan fingerprint density at radius 2 is 1.95 bits per heavy atom. The van der Waals surface area contributed by atoms with Crippen LogP contribution in [0.5, 0.6) is 5.75 Å². The molecular weight excluding hydrogens is 346 g/mol. The van der Waals surface area contributed by atoms with Crippen molar-refractivity contribution in [1.29, 1.82) is 0 Å². The van der Waals surface area contributed by atoms with Gasteiger partial charge < -0.3 is 15.8 Å². The first kappa shape index (κ1) is 14.7. The van der Waals surface area contributed by atoms with Crippen molar-refractivity contribution < 1.29 is 9.53 Å². The zero-order valence-electron chi connectivity index (χ0n) is 11.8. The summed E-state index contributed by atoms with van der Waals surface area (Å²) in [7, 11) is 1.55. The molecule has 0 aromatic heterocycles. The van der Waals surface area contributed by atoms with E-state index in [1.807, 2.05) is 42.5 Å². The Morgan fingerprint density at radius 1 is 1.23 bits per heavy atom. The van der Waals surface area contributed by atoms with Crippen LogP contribution in [-0.2, 0) is 4.79 Å². The molecule has 5 nitrogen and oxygen atoms in total. The summed E-state index contributed by atoms with van der Waals surface area (Å²) in [4.78, 5) is 16.5. The van der Waals surface area contributed by atoms with E-state index in [1.54, 1.807) is 7.11 Å². The second kappa shape index (κ2) is 5.90. The number of nitrogens with one attached hydrogen (secondary N) is 1. The summed E-state index contributed by atoms with van der Waals surface area (Å²) in [5.74, 6) is 0.173. The van der Waals surface area contributed by atoms with E-state index < -0.39 is 6.17 Å². The van der Waals surface area contributed by atoms with Crippen LogP contribution in [0.3, 0.4) is 0 Å². The molecule has 1 amide bonds. The molecule has 0 aliphatic carbocycles. The molecule has 2 aromatic carbocycles. The van der Waals surface area contributed by atoms with Gasteiger partial charge in [0.25, 0.3) is 5.91 Å². The summed E-state index contributed by atoms with van der Waals surface area (Å²) in [5, 5.41) is 2.80. The number of carbonyl (C=O) groups is 1. The van der Waals surface area contributed by atoms with Crippen molar-refractivity contribution in [2.45, 2.75) is 6.17 Å². The molecule has 0 spiro atoms. The second-order valence-corrected chi connectivity index (χ2v) is 5.64. The molecule has 1 aliphatic heterocycles. The highest BCUT2D eigenvalue weighted by atomic mass is 79.9. The number of fused-ring (bicyclic) bond motifs is 1. The van der Waals surface area contributed by atoms with E-state index in [0.717, 1.165) is 15.6 Å². The lowest BCUT2D eigenvalue weighted by atomic mass is 10.00. The highest BCUT2D eigenvalue weighted by Crippen LogP contribution is 2.38. The largest absolute Gasteiger partial charge is 0.493 e. The number of aliphatic imine (C=N–C) groups is 1. The molecule has 0 radical (unpaired) electrons. The zero-order valence-corrected chi connectivity index (χ0v) is 13.4. The molecule has 112 valence electrons. The van der Waals surface area contributed by atoms with Gasteiger partial charge in [0, 0.05) is 11.1 Å². The standard InChI is InChI=1S/C16H14BrN3O2/c1-22-14-11(17)8-7-10-12(9-5-3-2-4-6-9)19-15(18)16(21)20-13(10)14/h2-8,15H,18H2,1H3,(H,20,21). The quantitative estimate of drug-likeness (QED) is 0.864. The maximum absolute atomic E-state index is 12.1. The van der Waals surface area contributed by atoms with Crippen LogP contribution in [0.1, 0.15) is 11.1 Å². The molecule has 0 bridgehead atoms. The number of nitrogens with two attached hydrogens (primary N) is 1. The highest BCUT2D eigenvalue weighted by Gasteiger charge is 2.26. The summed E-state index contributed by atoms with van der Waals surface area (Å²) in [6.45, 7) is 0. The van der Waals surface area contributed by atoms with E-state index >= 15 is 0 Å². The van der Waals surface area contributed by atoms with Gasteiger partial charge >= 0.3 is 0 Å². The van der Waals surface area contributed by atoms with Crippen LogP contribution in [0.4, 0.5) is 5.69 Å². The van der Waals surface area contributed by atoms with E-state index in [0.29, 0.717) is 17.1 Å². The fraction of sp³-hybridized carbons (Fsp3) is 0.125. The molecule has 1 atom stereocenters. The van der Waals surface area contributed by atoms with Crippen molar-refractivity contribution >= 4 is 33.2 Å². The van der Waals surface area contributed by atoms with E-state index in [9.17, 15) is 4.79 Å². The Morgan fingerprint density at radius 3 is 2.64 bits per heavy atom. The number of rotatable bonds is 2. The van der Waals surface area contributed by atoms with Gasteiger partial charge in [0.05, 0.1) is 23.0 Å². The Kier molecular flexibility index (Phi) is 3.96. The number of benzodiazepines with no additional fused rings is 1. The molecule has 1 aliphatic rings. The molecule has 0 fully saturated rings. The number of benzene rings is 2. The lowest BCUT2D eigenvalue weighted by Gasteiger charge is -2.15. The molecule has 1 unspecified atom stereocenters. The third kappa shape index (κ3) is 2.51. The topological polar surface area (TPSA) is 76.7 Å². The number of halogens is 1. The number of methoxy groups -OCH3 is 1. The van der Waals surface area contributed by atoms with Crippen LogP contribution >= 0.6 is 15.9 Å². The minimum atomic E-state index is -0.967. The average molecular weight is 360 g/mol. The van der Waals surface area contributed by atoms with Gasteiger partial charge in [-0.05, 0) is 28.1 Å². The number of hydrogen-bond acceptors (Lipinski definition) is 4. The molecule has 3 rings (SSSR count). The molecule has 1 heterocycles. The van der Waals surface area contributed by atoms with Gasteiger partial charge in [-0.3, -0.25) is 9.79 Å². The first-order valence-corrected chi connectivity index (χ1v) is 7.47. The first-order chi connectivity index (χ1) is 10.6. The normalized spacial score (nSPS) is 17.1. The van der Waals surface area contributed by atoms with Crippen LogP contribution in [0.2, 0.25) is 0 Å². The molecular formula is C16H14BrN3O2. The van der Waals surface area contributed by atoms with Gasteiger partial charge in [-0.2, -0.15) is 0 Å². The average Bonchev–Trinajstić information content (AvgIpc) is 2.65. The monoisotopic (exact) mass is 359 g/mol. The minimum absolute atomic E-state index is 0.372. The van der Waals surface area contributed by atoms with Gasteiger partial charge in [-0.25, -0.2) is 0 Å². The molecule has 6 heteroatoms. The molecule has 0 saturated carbocycles. The smallest absolute Gasteiger partial charge is 0.263 e. The highest BCUT2D eigenvalue weighted by molar-refractivity contribution is 9.10. The maximum Gasteiger partial charge on any atom is 0.263 e. The third-order valence-electron chi connectivity index (χ3n) is 3.40. The lowest BCUT2D eigenvalue weighted by Crippen LogP contribution is -2.33. The number of nitrogens with zero attached hydrogens (tertiary/aromatic N) is 1. The van der Waals surface area contributed by atoms with Crippen molar-refractivity contribution in [3.8, 4) is 5.75 Å². The van der Waals surface area contributed by atoms with Crippen LogP contribution in [-0.4, -0.2) is 24.9 Å². The predicted octanol–water partition coefficient (Wildman–Crippen LogP) is 2.53. The van der Waals surface area contributed by atoms with Gasteiger partial charge in [0.15, 0.2) is 11.9 Å². The summed E-state index contributed by atoms with van der Waals surface area (Å²) in [6, 6.07) is 13.4. The zero-order chi connectivity index (χ0) is 15.7. The molecule has 22 heavy (non-hydrogen) atoms. The number of anilines is 1. The summed E-state index contributed by atoms with van der Waals surface area (Å²) >= 11 is 3.42. The summed E-state index contributed by atoms with van der Waals surface area (Å²) in [5.41, 5.74) is 8.75. The Hall–Kier alpha value is -2.18. The van der Waals surface area contributed by atoms with E-state index in [2.05, 4.69) is 26.2 Å². The van der Waals surface area contributed by atoms with Crippen LogP contribution in [0, 0.1) is 0 Å². The Bertz CT molecular complexity index is 759. The van der Waals surface area contributed by atoms with Crippen LogP contribution in [0.15, 0.2) is 51.9 Å². The number of amides is 1. The summed E-state index contributed by atoms with van der Waals surface area (Å²) < 4.78 is 6.16. The van der Waals surface area contributed by atoms with Crippen molar-refractivity contribution in [3.63, 3.8) is 0 Å². The van der Waals surface area contributed by atoms with Crippen LogP contribution < -0.4 is 15.8 Å². The van der Waals surface area contributed by atoms with E-state index in [-0.39, 0.29) is 5.91 Å². The number of ether oxygens (including phenoxy) is 1. The van der Waals surface area contributed by atoms with Crippen molar-refractivity contribution in [2.75, 3.05) is 12.4 Å². The number of carbonyl (C=O) groups excluding carboxylic acids is 1. The number of hydrogen-bond donors (Lipinski definition) is 2. The van der Waals surface area contributed by atoms with E-state index in [4.69, 9.17) is 10.5 Å². The minimum Gasteiger partial charge on any atom is -0.493 e. The van der Waals surface area contributed by atoms with Gasteiger partial charge in [0.2, 0.25) is 0 Å². The van der Waals surface area contributed by atoms with Crippen molar-refractivity contribution in [1.82, 2.24) is 0 Å². The second-order valence-electron chi connectivity index (χ2n) is 4.78. The van der Waals surface area contributed by atoms with E-state index in [1.165, 1.54) is 0 Å². The fourth-order valence-corrected chi connectivity index (χ4v) is 2.86. The Balaban J connectivity index is 2.27. The predicted molar refractivity (Wildman–Crippen MR) is 89.4 cm³/mol. The fourth-order valence-electron chi connectivity index (χ4n) is 2.37. The maximum atomic E-state index is 12.1. The van der Waals surface area contributed by atoms with Gasteiger partial charge in [0.1, 0.15) is 0 Å². The Labute approximate surface area is 136 Å². The van der Waals surface area contributed by atoms with Crippen LogP contribution in [0.25, 0.3) is 0 Å². The molecule has 2 aromatic rings. The summed E-state index contributed by atoms with van der Waals surface area (Å²) in [6.07, 6.45) is -0.967. The van der Waals surface area contributed by atoms with Gasteiger partial charge in [-0.1, -0.05) is 30.3 Å². The van der Waals surface area contributed by atoms with Crippen molar-refractivity contribution in [2.24, 2.45) is 10.7 Å². The first-order valence-electron chi connectivity index (χ1n) is 6.68.